The molecule has 100 valence electrons. The largest absolute Gasteiger partial charge is 0.478 e. The fraction of sp³-hybridized carbons (Fsp3) is 0.800. The molecule has 2 aliphatic carbocycles. The summed E-state index contributed by atoms with van der Waals surface area (Å²) in [6.07, 6.45) is 6.29. The molecule has 0 aromatic carbocycles. The van der Waals surface area contributed by atoms with Crippen LogP contribution in [-0.4, -0.2) is 23.3 Å². The van der Waals surface area contributed by atoms with Gasteiger partial charge in [-0.1, -0.05) is 19.4 Å². The van der Waals surface area contributed by atoms with E-state index in [9.17, 15) is 9.90 Å². The highest BCUT2D eigenvalue weighted by Gasteiger charge is 2.53. The predicted molar refractivity (Wildman–Crippen MR) is 68.2 cm³/mol. The maximum Gasteiger partial charge on any atom is 0.331 e. The number of fused-ring (bicyclic) bond motifs is 1. The lowest BCUT2D eigenvalue weighted by Crippen LogP contribution is -2.41. The minimum absolute atomic E-state index is 0.0283. The number of carboxylic acid groups (broad SMARTS) is 1. The first-order chi connectivity index (χ1) is 8.51. The van der Waals surface area contributed by atoms with Crippen LogP contribution in [-0.2, 0) is 9.53 Å². The van der Waals surface area contributed by atoms with Crippen molar-refractivity contribution in [3.63, 3.8) is 0 Å². The Kier molecular flexibility index (Phi) is 2.77. The monoisotopic (exact) mass is 250 g/mol. The molecule has 3 heteroatoms. The molecule has 1 N–H and O–H groups in total. The second-order valence-electron chi connectivity index (χ2n) is 6.54. The quantitative estimate of drug-likeness (QED) is 0.767. The van der Waals surface area contributed by atoms with Crippen molar-refractivity contribution in [2.24, 2.45) is 23.7 Å². The van der Waals surface area contributed by atoms with Crippen LogP contribution in [0.1, 0.15) is 39.5 Å². The zero-order chi connectivity index (χ0) is 12.9. The molecule has 1 saturated heterocycles. The third-order valence-electron chi connectivity index (χ3n) is 5.42. The average Bonchev–Trinajstić information content (AvgIpc) is 3.08. The number of hydrogen-bond acceptors (Lipinski definition) is 2. The van der Waals surface area contributed by atoms with Crippen LogP contribution >= 0.6 is 0 Å². The highest BCUT2D eigenvalue weighted by Crippen LogP contribution is 2.53. The molecule has 0 amide bonds. The lowest BCUT2D eigenvalue weighted by atomic mass is 9.60. The van der Waals surface area contributed by atoms with Gasteiger partial charge >= 0.3 is 5.97 Å². The molecule has 0 spiro atoms. The second kappa shape index (κ2) is 4.09. The van der Waals surface area contributed by atoms with E-state index < -0.39 is 5.97 Å². The Labute approximate surface area is 108 Å². The number of ether oxygens (including phenoxy) is 1. The molecule has 3 rings (SSSR count). The zero-order valence-corrected chi connectivity index (χ0v) is 11.2. The van der Waals surface area contributed by atoms with Crippen LogP contribution < -0.4 is 0 Å². The van der Waals surface area contributed by atoms with Gasteiger partial charge in [0.1, 0.15) is 0 Å². The van der Waals surface area contributed by atoms with Crippen molar-refractivity contribution in [3.05, 3.63) is 11.6 Å². The minimum atomic E-state index is -0.729. The summed E-state index contributed by atoms with van der Waals surface area (Å²) in [6, 6.07) is 0. The molecule has 3 nitrogen and oxygen atoms in total. The first-order valence-electron chi connectivity index (χ1n) is 7.09. The van der Waals surface area contributed by atoms with Gasteiger partial charge in [0.05, 0.1) is 12.2 Å². The van der Waals surface area contributed by atoms with Crippen LogP contribution in [0.25, 0.3) is 0 Å². The minimum Gasteiger partial charge on any atom is -0.478 e. The maximum atomic E-state index is 11.2. The van der Waals surface area contributed by atoms with Gasteiger partial charge in [-0.25, -0.2) is 4.79 Å². The molecule has 0 bridgehead atoms. The number of rotatable bonds is 2. The van der Waals surface area contributed by atoms with E-state index in [1.807, 2.05) is 0 Å². The number of epoxide rings is 1. The van der Waals surface area contributed by atoms with Crippen LogP contribution in [0.2, 0.25) is 0 Å². The number of allylic oxidation sites excluding steroid dienone is 1. The van der Waals surface area contributed by atoms with Gasteiger partial charge in [-0.3, -0.25) is 0 Å². The molecule has 0 aromatic rings. The van der Waals surface area contributed by atoms with E-state index in [2.05, 4.69) is 19.9 Å². The van der Waals surface area contributed by atoms with Gasteiger partial charge in [0, 0.05) is 5.57 Å². The standard InChI is InChI=1S/C15H22O3/c1-9-3-6-13(15(2)8-18-15)12-7-10(14(16)17)4-5-11(9)12/h7,9,11-13H,3-6,8H2,1-2H3,(H,16,17). The maximum absolute atomic E-state index is 11.2. The van der Waals surface area contributed by atoms with E-state index >= 15 is 0 Å². The fourth-order valence-corrected chi connectivity index (χ4v) is 4.10. The van der Waals surface area contributed by atoms with Gasteiger partial charge in [-0.2, -0.15) is 0 Å². The van der Waals surface area contributed by atoms with Crippen molar-refractivity contribution < 1.29 is 14.6 Å². The average molecular weight is 250 g/mol. The SMILES string of the molecule is CC1CCC(C2(C)CO2)C2C=C(C(=O)O)CCC12. The molecule has 3 aliphatic rings. The van der Waals surface area contributed by atoms with Gasteiger partial charge < -0.3 is 9.84 Å². The summed E-state index contributed by atoms with van der Waals surface area (Å²) in [5.74, 6) is 1.59. The molecule has 1 heterocycles. The van der Waals surface area contributed by atoms with Gasteiger partial charge in [-0.15, -0.1) is 0 Å². The first kappa shape index (κ1) is 12.2. The number of aliphatic carboxylic acids is 1. The Balaban J connectivity index is 1.90. The number of carbonyl (C=O) groups is 1. The van der Waals surface area contributed by atoms with Crippen molar-refractivity contribution in [3.8, 4) is 0 Å². The number of hydrogen-bond donors (Lipinski definition) is 1. The Morgan fingerprint density at radius 1 is 1.44 bits per heavy atom. The number of carboxylic acids is 1. The van der Waals surface area contributed by atoms with Crippen LogP contribution in [0.5, 0.6) is 0 Å². The van der Waals surface area contributed by atoms with E-state index in [-0.39, 0.29) is 5.60 Å². The van der Waals surface area contributed by atoms with Gasteiger partial charge in [0.25, 0.3) is 0 Å². The topological polar surface area (TPSA) is 49.8 Å². The van der Waals surface area contributed by atoms with Crippen molar-refractivity contribution in [1.82, 2.24) is 0 Å². The molecule has 0 aromatic heterocycles. The van der Waals surface area contributed by atoms with Crippen molar-refractivity contribution >= 4 is 5.97 Å². The van der Waals surface area contributed by atoms with E-state index in [1.165, 1.54) is 12.8 Å². The Hall–Kier alpha value is -0.830. The third-order valence-corrected chi connectivity index (χ3v) is 5.42. The van der Waals surface area contributed by atoms with E-state index in [4.69, 9.17) is 4.74 Å². The summed E-state index contributed by atoms with van der Waals surface area (Å²) in [7, 11) is 0. The van der Waals surface area contributed by atoms with Gasteiger partial charge in [-0.05, 0) is 49.9 Å². The van der Waals surface area contributed by atoms with Crippen LogP contribution in [0.3, 0.4) is 0 Å². The summed E-state index contributed by atoms with van der Waals surface area (Å²) in [6.45, 7) is 5.36. The van der Waals surface area contributed by atoms with Crippen LogP contribution in [0.15, 0.2) is 11.6 Å². The molecule has 0 radical (unpaired) electrons. The van der Waals surface area contributed by atoms with Gasteiger partial charge in [0.15, 0.2) is 0 Å². The molecule has 1 aliphatic heterocycles. The van der Waals surface area contributed by atoms with E-state index in [0.717, 1.165) is 25.4 Å². The molecule has 5 atom stereocenters. The highest BCUT2D eigenvalue weighted by atomic mass is 16.6. The summed E-state index contributed by atoms with van der Waals surface area (Å²) >= 11 is 0. The molecule has 5 unspecified atom stereocenters. The Morgan fingerprint density at radius 3 is 2.78 bits per heavy atom. The van der Waals surface area contributed by atoms with E-state index in [0.29, 0.717) is 23.3 Å². The second-order valence-corrected chi connectivity index (χ2v) is 6.54. The van der Waals surface area contributed by atoms with Gasteiger partial charge in [0.2, 0.25) is 0 Å². The predicted octanol–water partition coefficient (Wildman–Crippen LogP) is 2.86. The lowest BCUT2D eigenvalue weighted by Gasteiger charge is -2.44. The van der Waals surface area contributed by atoms with Crippen LogP contribution in [0, 0.1) is 23.7 Å². The summed E-state index contributed by atoms with van der Waals surface area (Å²) in [5, 5.41) is 9.20. The van der Waals surface area contributed by atoms with Crippen LogP contribution in [0.4, 0.5) is 0 Å². The van der Waals surface area contributed by atoms with Crippen molar-refractivity contribution in [2.45, 2.75) is 45.1 Å². The molecule has 1 saturated carbocycles. The summed E-state index contributed by atoms with van der Waals surface area (Å²) < 4.78 is 5.64. The lowest BCUT2D eigenvalue weighted by molar-refractivity contribution is -0.133. The summed E-state index contributed by atoms with van der Waals surface area (Å²) in [4.78, 5) is 11.2. The normalized spacial score (nSPS) is 47.1. The molecule has 18 heavy (non-hydrogen) atoms. The Bertz CT molecular complexity index is 395. The Morgan fingerprint density at radius 2 is 2.17 bits per heavy atom. The van der Waals surface area contributed by atoms with Crippen molar-refractivity contribution in [1.29, 1.82) is 0 Å². The third kappa shape index (κ3) is 1.89. The fourth-order valence-electron chi connectivity index (χ4n) is 4.10. The smallest absolute Gasteiger partial charge is 0.331 e. The summed E-state index contributed by atoms with van der Waals surface area (Å²) in [5.41, 5.74) is 0.653. The van der Waals surface area contributed by atoms with Crippen molar-refractivity contribution in [2.75, 3.05) is 6.61 Å². The molecular formula is C15H22O3. The molecular weight excluding hydrogens is 228 g/mol. The highest BCUT2D eigenvalue weighted by molar-refractivity contribution is 5.86. The molecule has 2 fully saturated rings. The van der Waals surface area contributed by atoms with E-state index in [1.54, 1.807) is 0 Å². The zero-order valence-electron chi connectivity index (χ0n) is 11.2. The first-order valence-corrected chi connectivity index (χ1v) is 7.09.